The summed E-state index contributed by atoms with van der Waals surface area (Å²) in [5.74, 6) is 1.64. The van der Waals surface area contributed by atoms with Crippen molar-refractivity contribution in [3.05, 3.63) is 58.6 Å². The highest BCUT2D eigenvalue weighted by molar-refractivity contribution is 9.10. The molecule has 1 atom stereocenters. The third kappa shape index (κ3) is 3.12. The Morgan fingerprint density at radius 1 is 1.11 bits per heavy atom. The molecule has 0 aliphatic heterocycles. The Morgan fingerprint density at radius 2 is 1.83 bits per heavy atom. The van der Waals surface area contributed by atoms with Crippen molar-refractivity contribution in [3.8, 4) is 11.5 Å². The van der Waals surface area contributed by atoms with Gasteiger partial charge in [-0.2, -0.15) is 0 Å². The van der Waals surface area contributed by atoms with Crippen LogP contribution in [-0.2, 0) is 0 Å². The topological polar surface area (TPSA) is 35.2 Å². The van der Waals surface area contributed by atoms with Crippen molar-refractivity contribution in [3.63, 3.8) is 0 Å². The summed E-state index contributed by atoms with van der Waals surface area (Å²) >= 11 is 3.52. The van der Waals surface area contributed by atoms with Crippen molar-refractivity contribution >= 4 is 15.9 Å². The van der Waals surface area contributed by atoms with Crippen LogP contribution in [0.5, 0.6) is 11.5 Å². The summed E-state index contributed by atoms with van der Waals surface area (Å²) in [6.07, 6.45) is 0.896. The van der Waals surface area contributed by atoms with Crippen LogP contribution in [-0.4, -0.2) is 0 Å². The molecule has 0 aliphatic rings. The first-order chi connectivity index (χ1) is 8.70. The maximum absolute atomic E-state index is 6.07. The van der Waals surface area contributed by atoms with E-state index in [9.17, 15) is 0 Å². The lowest BCUT2D eigenvalue weighted by molar-refractivity contribution is 0.481. The Hall–Kier alpha value is -1.32. The highest BCUT2D eigenvalue weighted by Crippen LogP contribution is 2.30. The zero-order chi connectivity index (χ0) is 13.0. The van der Waals surface area contributed by atoms with Crippen LogP contribution in [0.15, 0.2) is 53.0 Å². The molecule has 18 heavy (non-hydrogen) atoms. The van der Waals surface area contributed by atoms with Gasteiger partial charge in [0.15, 0.2) is 0 Å². The highest BCUT2D eigenvalue weighted by Gasteiger charge is 2.09. The zero-order valence-corrected chi connectivity index (χ0v) is 11.9. The van der Waals surface area contributed by atoms with Crippen LogP contribution >= 0.6 is 15.9 Å². The lowest BCUT2D eigenvalue weighted by Crippen LogP contribution is -2.09. The first kappa shape index (κ1) is 13.1. The van der Waals surface area contributed by atoms with Gasteiger partial charge in [0.2, 0.25) is 0 Å². The molecule has 0 bridgehead atoms. The van der Waals surface area contributed by atoms with E-state index >= 15 is 0 Å². The highest BCUT2D eigenvalue weighted by atomic mass is 79.9. The molecule has 2 rings (SSSR count). The van der Waals surface area contributed by atoms with Gasteiger partial charge in [0.05, 0.1) is 0 Å². The number of nitrogens with two attached hydrogens (primary N) is 1. The molecular weight excluding hydrogens is 290 g/mol. The summed E-state index contributed by atoms with van der Waals surface area (Å²) in [5, 5.41) is 0. The summed E-state index contributed by atoms with van der Waals surface area (Å²) in [6, 6.07) is 15.7. The third-order valence-electron chi connectivity index (χ3n) is 2.79. The molecule has 0 radical (unpaired) electrons. The zero-order valence-electron chi connectivity index (χ0n) is 10.3. The van der Waals surface area contributed by atoms with Gasteiger partial charge in [-0.3, -0.25) is 0 Å². The van der Waals surface area contributed by atoms with Crippen molar-refractivity contribution < 1.29 is 4.74 Å². The van der Waals surface area contributed by atoms with E-state index in [2.05, 4.69) is 22.9 Å². The van der Waals surface area contributed by atoms with Gasteiger partial charge in [0.25, 0.3) is 0 Å². The fourth-order valence-corrected chi connectivity index (χ4v) is 2.25. The number of hydrogen-bond donors (Lipinski definition) is 1. The van der Waals surface area contributed by atoms with E-state index in [0.717, 1.165) is 28.0 Å². The molecule has 2 aromatic rings. The van der Waals surface area contributed by atoms with E-state index in [4.69, 9.17) is 10.5 Å². The Labute approximate surface area is 116 Å². The van der Waals surface area contributed by atoms with Gasteiger partial charge in [-0.25, -0.2) is 0 Å². The lowest BCUT2D eigenvalue weighted by atomic mass is 10.1. The molecule has 94 valence electrons. The second-order valence-corrected chi connectivity index (χ2v) is 4.97. The monoisotopic (exact) mass is 305 g/mol. The predicted molar refractivity (Wildman–Crippen MR) is 77.9 cm³/mol. The largest absolute Gasteiger partial charge is 0.457 e. The van der Waals surface area contributed by atoms with Gasteiger partial charge in [-0.1, -0.05) is 41.1 Å². The van der Waals surface area contributed by atoms with Gasteiger partial charge in [0, 0.05) is 10.5 Å². The van der Waals surface area contributed by atoms with Gasteiger partial charge < -0.3 is 10.5 Å². The fraction of sp³-hybridized carbons (Fsp3) is 0.200. The average Bonchev–Trinajstić information content (AvgIpc) is 2.41. The third-order valence-corrected chi connectivity index (χ3v) is 3.51. The van der Waals surface area contributed by atoms with Gasteiger partial charge >= 0.3 is 0 Å². The van der Waals surface area contributed by atoms with Gasteiger partial charge in [-0.15, -0.1) is 0 Å². The molecule has 0 aliphatic carbocycles. The van der Waals surface area contributed by atoms with Crippen LogP contribution < -0.4 is 10.5 Å². The summed E-state index contributed by atoms with van der Waals surface area (Å²) in [6.45, 7) is 2.07. The Kier molecular flexibility index (Phi) is 4.39. The van der Waals surface area contributed by atoms with Crippen molar-refractivity contribution in [1.29, 1.82) is 0 Å². The molecule has 0 saturated carbocycles. The maximum Gasteiger partial charge on any atom is 0.127 e. The minimum absolute atomic E-state index is 0.0266. The number of halogens is 1. The summed E-state index contributed by atoms with van der Waals surface area (Å²) in [5.41, 5.74) is 7.15. The Balaban J connectivity index is 2.25. The van der Waals surface area contributed by atoms with E-state index in [-0.39, 0.29) is 6.04 Å². The SMILES string of the molecule is CCC(N)c1cc(Oc2ccccc2)ccc1Br. The number of ether oxygens (including phenoxy) is 1. The molecule has 1 unspecified atom stereocenters. The minimum atomic E-state index is 0.0266. The van der Waals surface area contributed by atoms with Crippen molar-refractivity contribution in [2.24, 2.45) is 5.73 Å². The van der Waals surface area contributed by atoms with E-state index in [1.807, 2.05) is 48.5 Å². The number of benzene rings is 2. The molecule has 3 heteroatoms. The Morgan fingerprint density at radius 3 is 2.50 bits per heavy atom. The fourth-order valence-electron chi connectivity index (χ4n) is 1.71. The van der Waals surface area contributed by atoms with Crippen LogP contribution in [0.3, 0.4) is 0 Å². The average molecular weight is 306 g/mol. The van der Waals surface area contributed by atoms with Crippen molar-refractivity contribution in [2.75, 3.05) is 0 Å². The molecule has 2 aromatic carbocycles. The normalized spacial score (nSPS) is 12.2. The molecule has 0 saturated heterocycles. The van der Waals surface area contributed by atoms with E-state index < -0.39 is 0 Å². The molecular formula is C15H16BrNO. The molecule has 0 aromatic heterocycles. The van der Waals surface area contributed by atoms with Crippen molar-refractivity contribution in [1.82, 2.24) is 0 Å². The van der Waals surface area contributed by atoms with E-state index in [0.29, 0.717) is 0 Å². The van der Waals surface area contributed by atoms with Gasteiger partial charge in [-0.05, 0) is 42.3 Å². The van der Waals surface area contributed by atoms with Crippen LogP contribution in [0.4, 0.5) is 0 Å². The second-order valence-electron chi connectivity index (χ2n) is 4.11. The molecule has 0 heterocycles. The van der Waals surface area contributed by atoms with Crippen molar-refractivity contribution in [2.45, 2.75) is 19.4 Å². The lowest BCUT2D eigenvalue weighted by Gasteiger charge is -2.14. The number of rotatable bonds is 4. The summed E-state index contributed by atoms with van der Waals surface area (Å²) in [7, 11) is 0. The predicted octanol–water partition coefficient (Wildman–Crippen LogP) is 4.65. The molecule has 0 spiro atoms. The quantitative estimate of drug-likeness (QED) is 0.892. The van der Waals surface area contributed by atoms with Crippen LogP contribution in [0.25, 0.3) is 0 Å². The molecule has 2 N–H and O–H groups in total. The second kappa shape index (κ2) is 6.03. The molecule has 2 nitrogen and oxygen atoms in total. The first-order valence-corrected chi connectivity index (χ1v) is 6.78. The summed E-state index contributed by atoms with van der Waals surface area (Å²) < 4.78 is 6.82. The number of para-hydroxylation sites is 1. The van der Waals surface area contributed by atoms with Gasteiger partial charge in [0.1, 0.15) is 11.5 Å². The van der Waals surface area contributed by atoms with E-state index in [1.165, 1.54) is 0 Å². The van der Waals surface area contributed by atoms with Crippen LogP contribution in [0.1, 0.15) is 24.9 Å². The van der Waals surface area contributed by atoms with Crippen LogP contribution in [0, 0.1) is 0 Å². The smallest absolute Gasteiger partial charge is 0.127 e. The Bertz CT molecular complexity index is 513. The minimum Gasteiger partial charge on any atom is -0.457 e. The summed E-state index contributed by atoms with van der Waals surface area (Å²) in [4.78, 5) is 0. The maximum atomic E-state index is 6.07. The first-order valence-electron chi connectivity index (χ1n) is 5.98. The number of hydrogen-bond acceptors (Lipinski definition) is 2. The van der Waals surface area contributed by atoms with Crippen LogP contribution in [0.2, 0.25) is 0 Å². The molecule has 0 fully saturated rings. The standard InChI is InChI=1S/C15H16BrNO/c1-2-15(17)13-10-12(8-9-14(13)16)18-11-6-4-3-5-7-11/h3-10,15H,2,17H2,1H3. The van der Waals surface area contributed by atoms with E-state index in [1.54, 1.807) is 0 Å². The molecule has 0 amide bonds.